The molecular formula is C23H22N2O4. The largest absolute Gasteiger partial charge is 0.489 e. The van der Waals surface area contributed by atoms with Crippen LogP contribution in [0.15, 0.2) is 67.0 Å². The Morgan fingerprint density at radius 1 is 1.03 bits per heavy atom. The summed E-state index contributed by atoms with van der Waals surface area (Å²) in [5.41, 5.74) is 2.92. The van der Waals surface area contributed by atoms with Crippen molar-refractivity contribution < 1.29 is 19.1 Å². The highest BCUT2D eigenvalue weighted by molar-refractivity contribution is 6.06. The van der Waals surface area contributed by atoms with E-state index in [0.717, 1.165) is 23.4 Å². The smallest absolute Gasteiger partial charge is 0.337 e. The number of benzene rings is 2. The van der Waals surface area contributed by atoms with E-state index in [0.29, 0.717) is 17.7 Å². The fourth-order valence-electron chi connectivity index (χ4n) is 2.63. The second-order valence-corrected chi connectivity index (χ2v) is 6.33. The molecule has 0 unspecified atom stereocenters. The van der Waals surface area contributed by atoms with Crippen molar-refractivity contribution in [1.29, 1.82) is 0 Å². The van der Waals surface area contributed by atoms with E-state index in [2.05, 4.69) is 9.84 Å². The van der Waals surface area contributed by atoms with Gasteiger partial charge in [0.15, 0.2) is 5.78 Å². The topological polar surface area (TPSA) is 70.4 Å². The van der Waals surface area contributed by atoms with Crippen LogP contribution in [0.5, 0.6) is 5.75 Å². The Morgan fingerprint density at radius 3 is 2.38 bits per heavy atom. The molecular weight excluding hydrogens is 368 g/mol. The predicted molar refractivity (Wildman–Crippen MR) is 110 cm³/mol. The standard InChI is InChI=1S/C23H22N2O4/c1-3-25-15-20(14-24-25)22(26)13-8-17-6-11-21(12-7-17)29-16-18-4-9-19(10-5-18)23(27)28-2/h4-15H,3,16H2,1-2H3/b13-8+. The van der Waals surface area contributed by atoms with Crippen LogP contribution >= 0.6 is 0 Å². The Hall–Kier alpha value is -3.67. The summed E-state index contributed by atoms with van der Waals surface area (Å²) in [6, 6.07) is 14.5. The van der Waals surface area contributed by atoms with Gasteiger partial charge in [-0.1, -0.05) is 30.3 Å². The zero-order valence-electron chi connectivity index (χ0n) is 16.4. The third-order valence-corrected chi connectivity index (χ3v) is 4.33. The lowest BCUT2D eigenvalue weighted by molar-refractivity contribution is 0.0600. The van der Waals surface area contributed by atoms with E-state index >= 15 is 0 Å². The van der Waals surface area contributed by atoms with Crippen molar-refractivity contribution in [3.8, 4) is 5.75 Å². The second-order valence-electron chi connectivity index (χ2n) is 6.33. The van der Waals surface area contributed by atoms with Crippen LogP contribution in [0.1, 0.15) is 38.8 Å². The number of nitrogens with zero attached hydrogens (tertiary/aromatic N) is 2. The molecule has 0 atom stereocenters. The van der Waals surface area contributed by atoms with Gasteiger partial charge >= 0.3 is 5.97 Å². The third kappa shape index (κ3) is 5.42. The zero-order valence-corrected chi connectivity index (χ0v) is 16.4. The molecule has 0 N–H and O–H groups in total. The van der Waals surface area contributed by atoms with Gasteiger partial charge in [-0.05, 0) is 48.4 Å². The maximum absolute atomic E-state index is 12.2. The summed E-state index contributed by atoms with van der Waals surface area (Å²) in [5, 5.41) is 4.11. The van der Waals surface area contributed by atoms with Crippen molar-refractivity contribution in [2.45, 2.75) is 20.1 Å². The van der Waals surface area contributed by atoms with Crippen molar-refractivity contribution in [3.05, 3.63) is 89.3 Å². The number of aryl methyl sites for hydroxylation is 1. The molecule has 29 heavy (non-hydrogen) atoms. The van der Waals surface area contributed by atoms with Gasteiger partial charge in [0, 0.05) is 12.7 Å². The van der Waals surface area contributed by atoms with Gasteiger partial charge in [0.2, 0.25) is 0 Å². The van der Waals surface area contributed by atoms with Crippen LogP contribution in [0.2, 0.25) is 0 Å². The molecule has 0 bridgehead atoms. The maximum Gasteiger partial charge on any atom is 0.337 e. The van der Waals surface area contributed by atoms with E-state index < -0.39 is 0 Å². The summed E-state index contributed by atoms with van der Waals surface area (Å²) >= 11 is 0. The monoisotopic (exact) mass is 390 g/mol. The molecule has 3 rings (SSSR count). The van der Waals surface area contributed by atoms with Gasteiger partial charge in [-0.3, -0.25) is 9.48 Å². The molecule has 6 nitrogen and oxygen atoms in total. The Labute approximate surface area is 169 Å². The van der Waals surface area contributed by atoms with Crippen LogP contribution in [-0.4, -0.2) is 28.6 Å². The van der Waals surface area contributed by atoms with Crippen molar-refractivity contribution in [2.24, 2.45) is 0 Å². The molecule has 6 heteroatoms. The first-order valence-electron chi connectivity index (χ1n) is 9.24. The predicted octanol–water partition coefficient (Wildman–Crippen LogP) is 4.16. The molecule has 0 amide bonds. The molecule has 148 valence electrons. The van der Waals surface area contributed by atoms with Gasteiger partial charge in [0.05, 0.1) is 24.4 Å². The molecule has 0 saturated heterocycles. The lowest BCUT2D eigenvalue weighted by Gasteiger charge is -2.07. The summed E-state index contributed by atoms with van der Waals surface area (Å²) in [6.07, 6.45) is 6.61. The first-order valence-corrected chi connectivity index (χ1v) is 9.24. The lowest BCUT2D eigenvalue weighted by Crippen LogP contribution is -2.01. The summed E-state index contributed by atoms with van der Waals surface area (Å²) in [6.45, 7) is 3.09. The van der Waals surface area contributed by atoms with Crippen molar-refractivity contribution >= 4 is 17.8 Å². The minimum absolute atomic E-state index is 0.0829. The SMILES string of the molecule is CCn1cc(C(=O)/C=C/c2ccc(OCc3ccc(C(=O)OC)cc3)cc2)cn1. The van der Waals surface area contributed by atoms with E-state index in [1.807, 2.05) is 43.3 Å². The van der Waals surface area contributed by atoms with Crippen LogP contribution in [0.4, 0.5) is 0 Å². The second kappa shape index (κ2) is 9.50. The average Bonchev–Trinajstić information content (AvgIpc) is 3.26. The Morgan fingerprint density at radius 2 is 1.76 bits per heavy atom. The molecule has 0 radical (unpaired) electrons. The molecule has 3 aromatic rings. The number of allylic oxidation sites excluding steroid dienone is 1. The van der Waals surface area contributed by atoms with Crippen LogP contribution < -0.4 is 4.74 Å². The normalized spacial score (nSPS) is 10.8. The van der Waals surface area contributed by atoms with Crippen LogP contribution in [0.3, 0.4) is 0 Å². The van der Waals surface area contributed by atoms with Crippen molar-refractivity contribution in [3.63, 3.8) is 0 Å². The number of ketones is 1. The highest BCUT2D eigenvalue weighted by Gasteiger charge is 2.06. The Kier molecular flexibility index (Phi) is 6.58. The number of ether oxygens (including phenoxy) is 2. The van der Waals surface area contributed by atoms with Crippen molar-refractivity contribution in [1.82, 2.24) is 9.78 Å². The fraction of sp³-hybridized carbons (Fsp3) is 0.174. The van der Waals surface area contributed by atoms with Gasteiger partial charge in [0.1, 0.15) is 12.4 Å². The molecule has 0 saturated carbocycles. The highest BCUT2D eigenvalue weighted by Crippen LogP contribution is 2.16. The molecule has 2 aromatic carbocycles. The number of carbonyl (C=O) groups is 2. The number of methoxy groups -OCH3 is 1. The van der Waals surface area contributed by atoms with E-state index in [4.69, 9.17) is 4.74 Å². The third-order valence-electron chi connectivity index (χ3n) is 4.33. The summed E-state index contributed by atoms with van der Waals surface area (Å²) < 4.78 is 12.2. The molecule has 0 aliphatic rings. The molecule has 0 spiro atoms. The number of esters is 1. The Balaban J connectivity index is 1.54. The van der Waals surface area contributed by atoms with Gasteiger partial charge < -0.3 is 9.47 Å². The van der Waals surface area contributed by atoms with E-state index in [1.54, 1.807) is 35.3 Å². The van der Waals surface area contributed by atoms with E-state index in [9.17, 15) is 9.59 Å². The summed E-state index contributed by atoms with van der Waals surface area (Å²) in [4.78, 5) is 23.6. The first-order chi connectivity index (χ1) is 14.1. The van der Waals surface area contributed by atoms with E-state index in [1.165, 1.54) is 13.2 Å². The van der Waals surface area contributed by atoms with Gasteiger partial charge in [0.25, 0.3) is 0 Å². The molecule has 0 aliphatic heterocycles. The molecule has 1 heterocycles. The quantitative estimate of drug-likeness (QED) is 0.328. The molecule has 0 aliphatic carbocycles. The minimum Gasteiger partial charge on any atom is -0.489 e. The van der Waals surface area contributed by atoms with Crippen LogP contribution in [0, 0.1) is 0 Å². The first kappa shape index (κ1) is 20.1. The molecule has 0 fully saturated rings. The minimum atomic E-state index is -0.362. The van der Waals surface area contributed by atoms with Crippen molar-refractivity contribution in [2.75, 3.05) is 7.11 Å². The van der Waals surface area contributed by atoms with Crippen LogP contribution in [-0.2, 0) is 17.9 Å². The van der Waals surface area contributed by atoms with Gasteiger partial charge in [-0.25, -0.2) is 4.79 Å². The van der Waals surface area contributed by atoms with Gasteiger partial charge in [-0.2, -0.15) is 5.10 Å². The highest BCUT2D eigenvalue weighted by atomic mass is 16.5. The summed E-state index contributed by atoms with van der Waals surface area (Å²) in [7, 11) is 1.36. The van der Waals surface area contributed by atoms with E-state index in [-0.39, 0.29) is 11.8 Å². The lowest BCUT2D eigenvalue weighted by atomic mass is 10.1. The Bertz CT molecular complexity index is 1000. The number of hydrogen-bond acceptors (Lipinski definition) is 5. The molecule has 1 aromatic heterocycles. The number of hydrogen-bond donors (Lipinski definition) is 0. The maximum atomic E-state index is 12.2. The fourth-order valence-corrected chi connectivity index (χ4v) is 2.63. The summed E-state index contributed by atoms with van der Waals surface area (Å²) in [5.74, 6) is 0.272. The van der Waals surface area contributed by atoms with Gasteiger partial charge in [-0.15, -0.1) is 0 Å². The number of rotatable bonds is 8. The van der Waals surface area contributed by atoms with Crippen LogP contribution in [0.25, 0.3) is 6.08 Å². The average molecular weight is 390 g/mol. The number of carbonyl (C=O) groups excluding carboxylic acids is 2. The zero-order chi connectivity index (χ0) is 20.6. The number of aromatic nitrogens is 2.